The summed E-state index contributed by atoms with van der Waals surface area (Å²) < 4.78 is 11.0. The zero-order valence-corrected chi connectivity index (χ0v) is 13.1. The molecule has 0 fully saturated rings. The number of carbonyl (C=O) groups excluding carboxylic acids is 1. The molecule has 1 amide bonds. The number of hydrogen-bond donors (Lipinski definition) is 2. The first-order valence-corrected chi connectivity index (χ1v) is 7.54. The predicted molar refractivity (Wildman–Crippen MR) is 86.3 cm³/mol. The standard InChI is InChI=1S/C18H21NO4/c1-2-22-17(18(20)19-21)12-14-8-10-16(11-9-14)23-13-15-6-4-3-5-7-15/h3-11,17,21H,2,12-13H2,1H3,(H,19,20)/t17-/m0/s1. The minimum Gasteiger partial charge on any atom is -0.489 e. The van der Waals surface area contributed by atoms with Gasteiger partial charge in [0.05, 0.1) is 0 Å². The fourth-order valence-corrected chi connectivity index (χ4v) is 2.18. The molecule has 0 aliphatic heterocycles. The van der Waals surface area contributed by atoms with Gasteiger partial charge in [0.25, 0.3) is 5.91 Å². The van der Waals surface area contributed by atoms with Crippen LogP contribution in [-0.2, 0) is 22.6 Å². The van der Waals surface area contributed by atoms with Crippen molar-refractivity contribution in [1.82, 2.24) is 5.48 Å². The lowest BCUT2D eigenvalue weighted by Gasteiger charge is -2.15. The fraction of sp³-hybridized carbons (Fsp3) is 0.278. The van der Waals surface area contributed by atoms with Crippen LogP contribution in [0.4, 0.5) is 0 Å². The van der Waals surface area contributed by atoms with Crippen molar-refractivity contribution in [3.8, 4) is 5.75 Å². The molecule has 0 heterocycles. The van der Waals surface area contributed by atoms with E-state index >= 15 is 0 Å². The van der Waals surface area contributed by atoms with Crippen molar-refractivity contribution in [2.45, 2.75) is 26.1 Å². The number of nitrogens with one attached hydrogen (secondary N) is 1. The molecule has 122 valence electrons. The second kappa shape index (κ2) is 8.92. The Labute approximate surface area is 135 Å². The van der Waals surface area contributed by atoms with Gasteiger partial charge in [-0.05, 0) is 30.2 Å². The maximum absolute atomic E-state index is 11.5. The summed E-state index contributed by atoms with van der Waals surface area (Å²) in [5, 5.41) is 8.73. The first kappa shape index (κ1) is 17.0. The smallest absolute Gasteiger partial charge is 0.272 e. The van der Waals surface area contributed by atoms with Crippen LogP contribution < -0.4 is 10.2 Å². The van der Waals surface area contributed by atoms with Gasteiger partial charge in [0.2, 0.25) is 0 Å². The molecule has 0 unspecified atom stereocenters. The number of benzene rings is 2. The molecule has 2 aromatic rings. The zero-order valence-electron chi connectivity index (χ0n) is 13.1. The number of hydroxylamine groups is 1. The van der Waals surface area contributed by atoms with Crippen molar-refractivity contribution in [1.29, 1.82) is 0 Å². The molecule has 0 saturated heterocycles. The Hall–Kier alpha value is -2.37. The summed E-state index contributed by atoms with van der Waals surface area (Å²) in [7, 11) is 0. The molecule has 0 saturated carbocycles. The minimum atomic E-state index is -0.707. The van der Waals surface area contributed by atoms with Crippen molar-refractivity contribution in [2.24, 2.45) is 0 Å². The van der Waals surface area contributed by atoms with Crippen LogP contribution >= 0.6 is 0 Å². The third-order valence-corrected chi connectivity index (χ3v) is 3.36. The Morgan fingerprint density at radius 2 is 1.78 bits per heavy atom. The average Bonchev–Trinajstić information content (AvgIpc) is 2.61. The highest BCUT2D eigenvalue weighted by Crippen LogP contribution is 2.16. The highest BCUT2D eigenvalue weighted by Gasteiger charge is 2.18. The van der Waals surface area contributed by atoms with Gasteiger partial charge in [0.1, 0.15) is 18.5 Å². The van der Waals surface area contributed by atoms with Gasteiger partial charge in [-0.3, -0.25) is 10.0 Å². The Bertz CT molecular complexity index is 598. The molecule has 0 spiro atoms. The van der Waals surface area contributed by atoms with Crippen LogP contribution in [0.15, 0.2) is 54.6 Å². The first-order valence-electron chi connectivity index (χ1n) is 7.54. The van der Waals surface area contributed by atoms with Crippen LogP contribution in [0, 0.1) is 0 Å². The van der Waals surface area contributed by atoms with Crippen molar-refractivity contribution in [3.63, 3.8) is 0 Å². The van der Waals surface area contributed by atoms with Gasteiger partial charge in [0, 0.05) is 13.0 Å². The Morgan fingerprint density at radius 1 is 1.09 bits per heavy atom. The molecule has 0 radical (unpaired) electrons. The third-order valence-electron chi connectivity index (χ3n) is 3.36. The number of ether oxygens (including phenoxy) is 2. The van der Waals surface area contributed by atoms with E-state index in [2.05, 4.69) is 0 Å². The highest BCUT2D eigenvalue weighted by atomic mass is 16.5. The molecule has 2 N–H and O–H groups in total. The second-order valence-electron chi connectivity index (χ2n) is 5.04. The summed E-state index contributed by atoms with van der Waals surface area (Å²) in [6, 6.07) is 17.4. The maximum Gasteiger partial charge on any atom is 0.272 e. The molecule has 2 rings (SSSR count). The van der Waals surface area contributed by atoms with Gasteiger partial charge in [-0.1, -0.05) is 42.5 Å². The summed E-state index contributed by atoms with van der Waals surface area (Å²) in [5.41, 5.74) is 3.67. The molecule has 0 aliphatic rings. The van der Waals surface area contributed by atoms with Gasteiger partial charge in [-0.2, -0.15) is 0 Å². The number of hydrogen-bond acceptors (Lipinski definition) is 4. The van der Waals surface area contributed by atoms with Crippen LogP contribution in [0.5, 0.6) is 5.75 Å². The molecule has 0 bridgehead atoms. The Balaban J connectivity index is 1.92. The van der Waals surface area contributed by atoms with E-state index in [-0.39, 0.29) is 0 Å². The van der Waals surface area contributed by atoms with E-state index < -0.39 is 12.0 Å². The van der Waals surface area contributed by atoms with Crippen LogP contribution in [0.1, 0.15) is 18.1 Å². The van der Waals surface area contributed by atoms with Crippen molar-refractivity contribution in [2.75, 3.05) is 6.61 Å². The summed E-state index contributed by atoms with van der Waals surface area (Å²) in [4.78, 5) is 11.5. The molecule has 0 aliphatic carbocycles. The highest BCUT2D eigenvalue weighted by molar-refractivity contribution is 5.79. The van der Waals surface area contributed by atoms with E-state index in [9.17, 15) is 4.79 Å². The van der Waals surface area contributed by atoms with E-state index in [1.807, 2.05) is 54.6 Å². The van der Waals surface area contributed by atoms with E-state index in [1.165, 1.54) is 0 Å². The topological polar surface area (TPSA) is 67.8 Å². The van der Waals surface area contributed by atoms with E-state index in [1.54, 1.807) is 12.4 Å². The molecular weight excluding hydrogens is 294 g/mol. The lowest BCUT2D eigenvalue weighted by atomic mass is 10.1. The molecule has 23 heavy (non-hydrogen) atoms. The Morgan fingerprint density at radius 3 is 2.39 bits per heavy atom. The van der Waals surface area contributed by atoms with Gasteiger partial charge in [-0.25, -0.2) is 5.48 Å². The second-order valence-corrected chi connectivity index (χ2v) is 5.04. The van der Waals surface area contributed by atoms with Gasteiger partial charge in [-0.15, -0.1) is 0 Å². The summed E-state index contributed by atoms with van der Waals surface area (Å²) in [5.74, 6) is 0.216. The van der Waals surface area contributed by atoms with Crippen LogP contribution in [0.25, 0.3) is 0 Å². The third kappa shape index (κ3) is 5.39. The normalized spacial score (nSPS) is 11.7. The summed E-state index contributed by atoms with van der Waals surface area (Å²) in [6.07, 6.45) is -0.319. The minimum absolute atomic E-state index is 0.388. The van der Waals surface area contributed by atoms with Crippen LogP contribution in [0.2, 0.25) is 0 Å². The molecule has 5 heteroatoms. The van der Waals surface area contributed by atoms with E-state index in [0.29, 0.717) is 19.6 Å². The molecule has 2 aromatic carbocycles. The quantitative estimate of drug-likeness (QED) is 0.580. The van der Waals surface area contributed by atoms with Crippen LogP contribution in [-0.4, -0.2) is 23.8 Å². The lowest BCUT2D eigenvalue weighted by Crippen LogP contribution is -2.36. The van der Waals surface area contributed by atoms with Crippen molar-refractivity contribution < 1.29 is 19.5 Å². The maximum atomic E-state index is 11.5. The molecule has 1 atom stereocenters. The van der Waals surface area contributed by atoms with Crippen molar-refractivity contribution >= 4 is 5.91 Å². The summed E-state index contributed by atoms with van der Waals surface area (Å²) >= 11 is 0. The number of carbonyl (C=O) groups is 1. The zero-order chi connectivity index (χ0) is 16.5. The van der Waals surface area contributed by atoms with Crippen molar-refractivity contribution in [3.05, 3.63) is 65.7 Å². The number of amides is 1. The van der Waals surface area contributed by atoms with Gasteiger partial charge in [0.15, 0.2) is 0 Å². The SMILES string of the molecule is CCO[C@@H](Cc1ccc(OCc2ccccc2)cc1)C(=O)NO. The predicted octanol–water partition coefficient (Wildman–Crippen LogP) is 2.72. The monoisotopic (exact) mass is 315 g/mol. The molecular formula is C18H21NO4. The van der Waals surface area contributed by atoms with Crippen LogP contribution in [0.3, 0.4) is 0 Å². The van der Waals surface area contributed by atoms with E-state index in [4.69, 9.17) is 14.7 Å². The first-order chi connectivity index (χ1) is 11.2. The van der Waals surface area contributed by atoms with Gasteiger partial charge < -0.3 is 9.47 Å². The molecule has 0 aromatic heterocycles. The fourth-order valence-electron chi connectivity index (χ4n) is 2.18. The Kier molecular flexibility index (Phi) is 6.59. The lowest BCUT2D eigenvalue weighted by molar-refractivity contribution is -0.141. The number of rotatable bonds is 8. The largest absolute Gasteiger partial charge is 0.489 e. The molecule has 5 nitrogen and oxygen atoms in total. The summed E-state index contributed by atoms with van der Waals surface area (Å²) in [6.45, 7) is 2.71. The van der Waals surface area contributed by atoms with Gasteiger partial charge >= 0.3 is 0 Å². The van der Waals surface area contributed by atoms with E-state index in [0.717, 1.165) is 16.9 Å². The average molecular weight is 315 g/mol.